The van der Waals surface area contributed by atoms with Crippen LogP contribution in [0.3, 0.4) is 0 Å². The number of nitriles is 1. The zero-order chi connectivity index (χ0) is 20.9. The highest BCUT2D eigenvalue weighted by Crippen LogP contribution is 2.50. The van der Waals surface area contributed by atoms with Gasteiger partial charge in [0.05, 0.1) is 30.8 Å². The number of carbonyl (C=O) groups excluding carboxylic acids is 1. The molecule has 1 saturated heterocycles. The summed E-state index contributed by atoms with van der Waals surface area (Å²) in [6, 6.07) is 4.46. The van der Waals surface area contributed by atoms with E-state index >= 15 is 0 Å². The third-order valence-corrected chi connectivity index (χ3v) is 7.00. The van der Waals surface area contributed by atoms with Crippen molar-refractivity contribution in [2.45, 2.75) is 46.5 Å². The number of thiophene rings is 1. The molecule has 0 radical (unpaired) electrons. The fraction of sp³-hybridized carbons (Fsp3) is 0.545. The molecule has 0 aromatic carbocycles. The van der Waals surface area contributed by atoms with Gasteiger partial charge in [0, 0.05) is 40.5 Å². The van der Waals surface area contributed by atoms with E-state index in [1.807, 2.05) is 5.01 Å². The number of allylic oxidation sites excluding steroid dienone is 3. The third kappa shape index (κ3) is 3.39. The van der Waals surface area contributed by atoms with Gasteiger partial charge in [-0.25, -0.2) is 5.01 Å². The van der Waals surface area contributed by atoms with Crippen molar-refractivity contribution >= 4 is 17.1 Å². The Bertz CT molecular complexity index is 960. The van der Waals surface area contributed by atoms with Crippen molar-refractivity contribution in [3.8, 4) is 6.07 Å². The number of Topliss-reactive ketones (excluding diaryl/α,β-unsaturated/α-hetero) is 1. The lowest BCUT2D eigenvalue weighted by atomic mass is 9.69. The van der Waals surface area contributed by atoms with Gasteiger partial charge in [-0.15, -0.1) is 11.3 Å². The van der Waals surface area contributed by atoms with Crippen LogP contribution in [-0.4, -0.2) is 42.1 Å². The Morgan fingerprint density at radius 1 is 1.28 bits per heavy atom. The van der Waals surface area contributed by atoms with Gasteiger partial charge < -0.3 is 10.5 Å². The summed E-state index contributed by atoms with van der Waals surface area (Å²) < 4.78 is 5.51. The summed E-state index contributed by atoms with van der Waals surface area (Å²) in [7, 11) is 0. The van der Waals surface area contributed by atoms with Crippen LogP contribution in [0.1, 0.15) is 47.9 Å². The summed E-state index contributed by atoms with van der Waals surface area (Å²) >= 11 is 1.70. The molecule has 3 heterocycles. The van der Waals surface area contributed by atoms with E-state index in [2.05, 4.69) is 44.8 Å². The van der Waals surface area contributed by atoms with Crippen LogP contribution in [0.25, 0.3) is 0 Å². The molecule has 4 rings (SSSR count). The minimum absolute atomic E-state index is 0.128. The number of morpholine rings is 1. The van der Waals surface area contributed by atoms with Gasteiger partial charge >= 0.3 is 0 Å². The summed E-state index contributed by atoms with van der Waals surface area (Å²) in [6.45, 7) is 11.0. The molecule has 6 nitrogen and oxygen atoms in total. The first-order valence-electron chi connectivity index (χ1n) is 10.1. The molecule has 1 atom stereocenters. The van der Waals surface area contributed by atoms with E-state index < -0.39 is 0 Å². The summed E-state index contributed by atoms with van der Waals surface area (Å²) in [4.78, 5) is 15.8. The SMILES string of the molecule is Cc1cc(C2C(C#N)=C(N)N(N3CCOCC3)C3=C2C(=O)CC(C)(C)C3)c(C)s1. The molecular weight excluding hydrogens is 384 g/mol. The van der Waals surface area contributed by atoms with Gasteiger partial charge in [-0.05, 0) is 37.3 Å². The number of hydrogen-bond acceptors (Lipinski definition) is 7. The van der Waals surface area contributed by atoms with Gasteiger partial charge in [0.15, 0.2) is 5.78 Å². The highest BCUT2D eigenvalue weighted by molar-refractivity contribution is 7.12. The molecule has 2 N–H and O–H groups in total. The Balaban J connectivity index is 1.94. The smallest absolute Gasteiger partial charge is 0.162 e. The second kappa shape index (κ2) is 7.28. The van der Waals surface area contributed by atoms with E-state index in [1.165, 1.54) is 4.88 Å². The number of nitrogens with two attached hydrogens (primary N) is 1. The summed E-state index contributed by atoms with van der Waals surface area (Å²) in [5.74, 6) is 0.204. The fourth-order valence-corrected chi connectivity index (χ4v) is 5.78. The van der Waals surface area contributed by atoms with Gasteiger partial charge in [-0.2, -0.15) is 5.26 Å². The van der Waals surface area contributed by atoms with Crippen molar-refractivity contribution in [3.63, 3.8) is 0 Å². The molecule has 2 aliphatic heterocycles. The number of hydrogen-bond donors (Lipinski definition) is 1. The van der Waals surface area contributed by atoms with Crippen molar-refractivity contribution in [3.05, 3.63) is 44.0 Å². The molecule has 0 saturated carbocycles. The molecule has 1 aromatic rings. The maximum Gasteiger partial charge on any atom is 0.162 e. The predicted molar refractivity (Wildman–Crippen MR) is 113 cm³/mol. The molecule has 0 amide bonds. The van der Waals surface area contributed by atoms with E-state index in [-0.39, 0.29) is 17.1 Å². The molecule has 7 heteroatoms. The maximum atomic E-state index is 13.4. The first kappa shape index (κ1) is 20.1. The normalized spacial score (nSPS) is 25.3. The molecule has 1 aromatic heterocycles. The van der Waals surface area contributed by atoms with Crippen molar-refractivity contribution in [1.29, 1.82) is 5.26 Å². The molecule has 29 heavy (non-hydrogen) atoms. The molecule has 154 valence electrons. The van der Waals surface area contributed by atoms with Crippen LogP contribution < -0.4 is 5.73 Å². The highest BCUT2D eigenvalue weighted by Gasteiger charge is 2.46. The van der Waals surface area contributed by atoms with Crippen LogP contribution in [0.2, 0.25) is 0 Å². The summed E-state index contributed by atoms with van der Waals surface area (Å²) in [5.41, 5.74) is 9.73. The average Bonchev–Trinajstić information content (AvgIpc) is 2.98. The highest BCUT2D eigenvalue weighted by atomic mass is 32.1. The quantitative estimate of drug-likeness (QED) is 0.802. The average molecular weight is 413 g/mol. The predicted octanol–water partition coefficient (Wildman–Crippen LogP) is 3.35. The second-order valence-electron chi connectivity index (χ2n) is 8.89. The van der Waals surface area contributed by atoms with Gasteiger partial charge in [-0.1, -0.05) is 13.8 Å². The lowest BCUT2D eigenvalue weighted by Gasteiger charge is -2.48. The molecule has 1 fully saturated rings. The van der Waals surface area contributed by atoms with Crippen LogP contribution in [0.15, 0.2) is 28.7 Å². The van der Waals surface area contributed by atoms with Gasteiger partial charge in [0.25, 0.3) is 0 Å². The van der Waals surface area contributed by atoms with Crippen LogP contribution in [0, 0.1) is 30.6 Å². The minimum atomic E-state index is -0.374. The van der Waals surface area contributed by atoms with Crippen LogP contribution in [-0.2, 0) is 9.53 Å². The number of nitrogens with zero attached hydrogens (tertiary/aromatic N) is 3. The minimum Gasteiger partial charge on any atom is -0.383 e. The Labute approximate surface area is 176 Å². The first-order chi connectivity index (χ1) is 13.7. The summed E-state index contributed by atoms with van der Waals surface area (Å²) in [5, 5.41) is 14.2. The number of ketones is 1. The zero-order valence-corrected chi connectivity index (χ0v) is 18.4. The van der Waals surface area contributed by atoms with Crippen molar-refractivity contribution < 1.29 is 9.53 Å². The maximum absolute atomic E-state index is 13.4. The largest absolute Gasteiger partial charge is 0.383 e. The Kier molecular flexibility index (Phi) is 5.06. The van der Waals surface area contributed by atoms with E-state index in [0.717, 1.165) is 28.1 Å². The Hall–Kier alpha value is -2.14. The monoisotopic (exact) mass is 412 g/mol. The number of rotatable bonds is 2. The molecule has 0 bridgehead atoms. The van der Waals surface area contributed by atoms with Crippen LogP contribution in [0.5, 0.6) is 0 Å². The fourth-order valence-electron chi connectivity index (χ4n) is 4.82. The number of ether oxygens (including phenoxy) is 1. The zero-order valence-electron chi connectivity index (χ0n) is 17.5. The molecule has 1 unspecified atom stereocenters. The molecule has 1 aliphatic carbocycles. The van der Waals surface area contributed by atoms with Crippen LogP contribution in [0.4, 0.5) is 0 Å². The van der Waals surface area contributed by atoms with Gasteiger partial charge in [0.2, 0.25) is 0 Å². The second-order valence-corrected chi connectivity index (χ2v) is 10.4. The third-order valence-electron chi connectivity index (χ3n) is 6.01. The lowest BCUT2D eigenvalue weighted by molar-refractivity contribution is -0.119. The van der Waals surface area contributed by atoms with Gasteiger partial charge in [0.1, 0.15) is 5.82 Å². The van der Waals surface area contributed by atoms with E-state index in [0.29, 0.717) is 44.1 Å². The van der Waals surface area contributed by atoms with E-state index in [9.17, 15) is 10.1 Å². The Morgan fingerprint density at radius 2 is 1.97 bits per heavy atom. The van der Waals surface area contributed by atoms with E-state index in [4.69, 9.17) is 10.5 Å². The molecule has 0 spiro atoms. The number of aryl methyl sites for hydroxylation is 2. The first-order valence-corrected chi connectivity index (χ1v) is 10.9. The molecule has 3 aliphatic rings. The number of carbonyl (C=O) groups is 1. The summed E-state index contributed by atoms with van der Waals surface area (Å²) in [6.07, 6.45) is 1.24. The topological polar surface area (TPSA) is 82.6 Å². The lowest BCUT2D eigenvalue weighted by Crippen LogP contribution is -2.53. The Morgan fingerprint density at radius 3 is 2.55 bits per heavy atom. The van der Waals surface area contributed by atoms with Crippen molar-refractivity contribution in [1.82, 2.24) is 10.0 Å². The molecular formula is C22H28N4O2S. The van der Waals surface area contributed by atoms with E-state index in [1.54, 1.807) is 11.3 Å². The van der Waals surface area contributed by atoms with Crippen molar-refractivity contribution in [2.24, 2.45) is 11.1 Å². The number of hydrazine groups is 1. The van der Waals surface area contributed by atoms with Crippen LogP contribution >= 0.6 is 11.3 Å². The van der Waals surface area contributed by atoms with Crippen molar-refractivity contribution in [2.75, 3.05) is 26.3 Å². The standard InChI is InChI=1S/C22H28N4O2S/c1-13-9-15(14(2)29-13)19-16(12-23)21(24)26(25-5-7-28-8-6-25)17-10-22(3,4)11-18(27)20(17)19/h9,19H,5-8,10-11,24H2,1-4H3. The van der Waals surface area contributed by atoms with Gasteiger partial charge in [-0.3, -0.25) is 9.80 Å².